The molecular weight excluding hydrogens is 282 g/mol. The Kier molecular flexibility index (Phi) is 6.37. The SMILES string of the molecule is CC(CCc1ccncc1)NSCc1ccc(N=O)cc1. The molecule has 0 amide bonds. The Morgan fingerprint density at radius 2 is 1.86 bits per heavy atom. The van der Waals surface area contributed by atoms with Crippen LogP contribution in [0.25, 0.3) is 0 Å². The number of rotatable bonds is 8. The highest BCUT2D eigenvalue weighted by molar-refractivity contribution is 7.96. The van der Waals surface area contributed by atoms with Crippen molar-refractivity contribution in [1.82, 2.24) is 9.71 Å². The van der Waals surface area contributed by atoms with Gasteiger partial charge in [0.25, 0.3) is 0 Å². The van der Waals surface area contributed by atoms with Crippen LogP contribution < -0.4 is 4.72 Å². The van der Waals surface area contributed by atoms with Crippen molar-refractivity contribution >= 4 is 17.6 Å². The average molecular weight is 301 g/mol. The first-order chi connectivity index (χ1) is 10.3. The van der Waals surface area contributed by atoms with Gasteiger partial charge in [-0.15, -0.1) is 4.91 Å². The Labute approximate surface area is 129 Å². The third-order valence-corrected chi connectivity index (χ3v) is 4.23. The summed E-state index contributed by atoms with van der Waals surface area (Å²) in [5, 5.41) is 2.90. The Bertz CT molecular complexity index is 545. The predicted octanol–water partition coefficient (Wildman–Crippen LogP) is 4.24. The molecule has 2 aromatic rings. The molecule has 0 bridgehead atoms. The smallest absolute Gasteiger partial charge is 0.108 e. The summed E-state index contributed by atoms with van der Waals surface area (Å²) >= 11 is 1.69. The van der Waals surface area contributed by atoms with Crippen molar-refractivity contribution in [2.45, 2.75) is 31.6 Å². The normalized spacial score (nSPS) is 12.0. The van der Waals surface area contributed by atoms with E-state index in [1.807, 2.05) is 24.5 Å². The van der Waals surface area contributed by atoms with Gasteiger partial charge in [-0.3, -0.25) is 9.71 Å². The number of hydrogen-bond donors (Lipinski definition) is 1. The van der Waals surface area contributed by atoms with E-state index in [2.05, 4.69) is 33.9 Å². The van der Waals surface area contributed by atoms with Crippen molar-refractivity contribution in [3.8, 4) is 0 Å². The molecule has 21 heavy (non-hydrogen) atoms. The maximum atomic E-state index is 10.3. The fourth-order valence-electron chi connectivity index (χ4n) is 1.91. The number of hydrogen-bond acceptors (Lipinski definition) is 5. The summed E-state index contributed by atoms with van der Waals surface area (Å²) in [6.45, 7) is 2.19. The minimum atomic E-state index is 0.444. The molecule has 0 fully saturated rings. The number of pyridine rings is 1. The van der Waals surface area contributed by atoms with Crippen LogP contribution in [0.4, 0.5) is 5.69 Å². The zero-order chi connectivity index (χ0) is 14.9. The quantitative estimate of drug-likeness (QED) is 0.585. The van der Waals surface area contributed by atoms with Crippen molar-refractivity contribution in [2.24, 2.45) is 5.18 Å². The van der Waals surface area contributed by atoms with Gasteiger partial charge < -0.3 is 0 Å². The molecule has 0 spiro atoms. The Balaban J connectivity index is 1.66. The molecule has 5 heteroatoms. The predicted molar refractivity (Wildman–Crippen MR) is 88.3 cm³/mol. The van der Waals surface area contributed by atoms with Gasteiger partial charge in [-0.1, -0.05) is 24.1 Å². The third-order valence-electron chi connectivity index (χ3n) is 3.18. The summed E-state index contributed by atoms with van der Waals surface area (Å²) < 4.78 is 3.45. The summed E-state index contributed by atoms with van der Waals surface area (Å²) in [7, 11) is 0. The van der Waals surface area contributed by atoms with Gasteiger partial charge >= 0.3 is 0 Å². The van der Waals surface area contributed by atoms with E-state index in [-0.39, 0.29) is 0 Å². The third kappa shape index (κ3) is 5.65. The maximum absolute atomic E-state index is 10.3. The van der Waals surface area contributed by atoms with Crippen LogP contribution >= 0.6 is 11.9 Å². The molecule has 4 nitrogen and oxygen atoms in total. The second-order valence-corrected chi connectivity index (χ2v) is 5.77. The summed E-state index contributed by atoms with van der Waals surface area (Å²) in [4.78, 5) is 14.4. The Morgan fingerprint density at radius 1 is 1.14 bits per heavy atom. The number of nitroso groups, excluding NO2 is 1. The molecule has 1 N–H and O–H groups in total. The van der Waals surface area contributed by atoms with Crippen LogP contribution in [-0.4, -0.2) is 11.0 Å². The number of nitrogens with zero attached hydrogens (tertiary/aromatic N) is 2. The standard InChI is InChI=1S/C16H19N3OS/c1-13(2-3-14-8-10-17-11-9-14)19-21-12-15-4-6-16(18-20)7-5-15/h4-11,13,19H,2-3,12H2,1H3. The van der Waals surface area contributed by atoms with Crippen LogP contribution in [-0.2, 0) is 12.2 Å². The summed E-state index contributed by atoms with van der Waals surface area (Å²) in [6, 6.07) is 11.9. The zero-order valence-electron chi connectivity index (χ0n) is 12.0. The second-order valence-electron chi connectivity index (χ2n) is 4.96. The molecule has 1 aromatic heterocycles. The molecule has 1 aromatic carbocycles. The molecule has 2 rings (SSSR count). The number of aryl methyl sites for hydroxylation is 1. The number of benzene rings is 1. The van der Waals surface area contributed by atoms with E-state index in [0.717, 1.165) is 18.6 Å². The fourth-order valence-corrected chi connectivity index (χ4v) is 2.76. The molecule has 0 radical (unpaired) electrons. The van der Waals surface area contributed by atoms with E-state index in [9.17, 15) is 4.91 Å². The van der Waals surface area contributed by atoms with Crippen LogP contribution in [0.5, 0.6) is 0 Å². The Morgan fingerprint density at radius 3 is 2.52 bits per heavy atom. The van der Waals surface area contributed by atoms with Crippen molar-refractivity contribution in [2.75, 3.05) is 0 Å². The lowest BCUT2D eigenvalue weighted by Crippen LogP contribution is -2.19. The highest BCUT2D eigenvalue weighted by Gasteiger charge is 2.03. The Hall–Kier alpha value is -1.72. The minimum absolute atomic E-state index is 0.444. The fraction of sp³-hybridized carbons (Fsp3) is 0.312. The first-order valence-electron chi connectivity index (χ1n) is 6.96. The molecule has 0 aliphatic carbocycles. The summed E-state index contributed by atoms with van der Waals surface area (Å²) in [5.74, 6) is 0.874. The molecule has 0 aliphatic heterocycles. The lowest BCUT2D eigenvalue weighted by molar-refractivity contribution is 0.628. The van der Waals surface area contributed by atoms with E-state index in [0.29, 0.717) is 11.7 Å². The first kappa shape index (κ1) is 15.7. The van der Waals surface area contributed by atoms with Crippen molar-refractivity contribution in [3.05, 3.63) is 64.8 Å². The topological polar surface area (TPSA) is 54.4 Å². The monoisotopic (exact) mass is 301 g/mol. The van der Waals surface area contributed by atoms with Gasteiger partial charge in [-0.05, 0) is 60.3 Å². The molecular formula is C16H19N3OS. The lowest BCUT2D eigenvalue weighted by atomic mass is 10.1. The summed E-state index contributed by atoms with van der Waals surface area (Å²) in [5.41, 5.74) is 2.98. The first-order valence-corrected chi connectivity index (χ1v) is 7.95. The average Bonchev–Trinajstić information content (AvgIpc) is 2.54. The van der Waals surface area contributed by atoms with E-state index in [1.54, 1.807) is 24.1 Å². The van der Waals surface area contributed by atoms with Gasteiger partial charge in [0.2, 0.25) is 0 Å². The van der Waals surface area contributed by atoms with E-state index in [4.69, 9.17) is 0 Å². The lowest BCUT2D eigenvalue weighted by Gasteiger charge is -2.13. The van der Waals surface area contributed by atoms with Crippen LogP contribution in [0.3, 0.4) is 0 Å². The van der Waals surface area contributed by atoms with Crippen molar-refractivity contribution < 1.29 is 0 Å². The zero-order valence-corrected chi connectivity index (χ0v) is 12.8. The van der Waals surface area contributed by atoms with Crippen LogP contribution in [0.1, 0.15) is 24.5 Å². The van der Waals surface area contributed by atoms with Crippen LogP contribution in [0.15, 0.2) is 54.0 Å². The number of nitrogens with one attached hydrogen (secondary N) is 1. The summed E-state index contributed by atoms with van der Waals surface area (Å²) in [6.07, 6.45) is 5.81. The highest BCUT2D eigenvalue weighted by atomic mass is 32.2. The largest absolute Gasteiger partial charge is 0.265 e. The van der Waals surface area contributed by atoms with Gasteiger partial charge in [-0.25, -0.2) is 0 Å². The molecule has 0 aliphatic rings. The molecule has 1 heterocycles. The second kappa shape index (κ2) is 8.54. The molecule has 0 saturated heterocycles. The minimum Gasteiger partial charge on any atom is -0.265 e. The number of aromatic nitrogens is 1. The van der Waals surface area contributed by atoms with Gasteiger partial charge in [0.05, 0.1) is 0 Å². The molecule has 1 unspecified atom stereocenters. The van der Waals surface area contributed by atoms with Crippen molar-refractivity contribution in [1.29, 1.82) is 0 Å². The molecule has 110 valence electrons. The van der Waals surface area contributed by atoms with E-state index in [1.165, 1.54) is 11.1 Å². The van der Waals surface area contributed by atoms with E-state index >= 15 is 0 Å². The van der Waals surface area contributed by atoms with Gasteiger partial charge in [-0.2, -0.15) is 0 Å². The van der Waals surface area contributed by atoms with Gasteiger partial charge in [0, 0.05) is 24.2 Å². The maximum Gasteiger partial charge on any atom is 0.108 e. The van der Waals surface area contributed by atoms with E-state index < -0.39 is 0 Å². The van der Waals surface area contributed by atoms with Crippen LogP contribution in [0.2, 0.25) is 0 Å². The molecule has 0 saturated carbocycles. The molecule has 1 atom stereocenters. The highest BCUT2D eigenvalue weighted by Crippen LogP contribution is 2.16. The van der Waals surface area contributed by atoms with Gasteiger partial charge in [0.15, 0.2) is 0 Å². The van der Waals surface area contributed by atoms with Gasteiger partial charge in [0.1, 0.15) is 5.69 Å². The van der Waals surface area contributed by atoms with Crippen molar-refractivity contribution in [3.63, 3.8) is 0 Å². The van der Waals surface area contributed by atoms with Crippen LogP contribution in [0, 0.1) is 4.91 Å².